The van der Waals surface area contributed by atoms with Crippen molar-refractivity contribution < 1.29 is 49.0 Å². The summed E-state index contributed by atoms with van der Waals surface area (Å²) in [6.45, 7) is 21.9. The largest absolute Gasteiger partial charge is 1.00 e. The predicted octanol–water partition coefficient (Wildman–Crippen LogP) is 2.79. The Morgan fingerprint density at radius 2 is 1.49 bits per heavy atom. The van der Waals surface area contributed by atoms with Crippen molar-refractivity contribution in [2.24, 2.45) is 11.3 Å². The van der Waals surface area contributed by atoms with Gasteiger partial charge in [-0.1, -0.05) is 83.4 Å². The second-order valence-electron chi connectivity index (χ2n) is 10.8. The van der Waals surface area contributed by atoms with Crippen molar-refractivity contribution in [1.82, 2.24) is 0 Å². The average molecular weight is 589 g/mol. The summed E-state index contributed by atoms with van der Waals surface area (Å²) >= 11 is 1.55. The van der Waals surface area contributed by atoms with Crippen molar-refractivity contribution >= 4 is 3.21 Å². The van der Waals surface area contributed by atoms with E-state index in [-0.39, 0.29) is 24.8 Å². The van der Waals surface area contributed by atoms with Crippen LogP contribution < -0.4 is 24.8 Å². The molecule has 190 valence electrons. The van der Waals surface area contributed by atoms with Crippen LogP contribution in [0.2, 0.25) is 0 Å². The Labute approximate surface area is 243 Å². The van der Waals surface area contributed by atoms with E-state index in [0.29, 0.717) is 11.3 Å². The molecule has 2 aromatic carbocycles. The maximum Gasteiger partial charge on any atom is -0.0253 e. The van der Waals surface area contributed by atoms with Crippen LogP contribution in [-0.4, -0.2) is 3.21 Å². The molecule has 3 heteroatoms. The zero-order valence-corrected chi connectivity index (χ0v) is 27.3. The van der Waals surface area contributed by atoms with E-state index in [1.54, 1.807) is 24.2 Å². The van der Waals surface area contributed by atoms with Gasteiger partial charge in [-0.15, -0.1) is 11.1 Å². The third-order valence-electron chi connectivity index (χ3n) is 6.29. The van der Waals surface area contributed by atoms with Gasteiger partial charge in [0.15, 0.2) is 0 Å². The van der Waals surface area contributed by atoms with Gasteiger partial charge in [0.05, 0.1) is 0 Å². The number of rotatable bonds is 2. The maximum absolute atomic E-state index is 3.54. The number of benzene rings is 2. The number of fused-ring (bicyclic) bond motifs is 3. The Balaban J connectivity index is 0.000000569. The fraction of sp³-hybridized carbons (Fsp3) is 0.469. The van der Waals surface area contributed by atoms with Gasteiger partial charge in [0, 0.05) is 0 Å². The Bertz CT molecular complexity index is 1010. The summed E-state index contributed by atoms with van der Waals surface area (Å²) in [5.74, 6) is 0.587. The van der Waals surface area contributed by atoms with E-state index in [2.05, 4.69) is 112 Å². The Morgan fingerprint density at radius 1 is 0.943 bits per heavy atom. The molecule has 0 N–H and O–H groups in total. The summed E-state index contributed by atoms with van der Waals surface area (Å²) in [5.41, 5.74) is 12.8. The van der Waals surface area contributed by atoms with Gasteiger partial charge in [-0.05, 0) is 37.0 Å². The van der Waals surface area contributed by atoms with Crippen molar-refractivity contribution in [1.29, 1.82) is 0 Å². The van der Waals surface area contributed by atoms with Gasteiger partial charge in [-0.3, -0.25) is 6.08 Å². The Hall–Kier alpha value is -0.747. The van der Waals surface area contributed by atoms with Crippen LogP contribution in [-0.2, 0) is 30.7 Å². The topological polar surface area (TPSA) is 0 Å². The summed E-state index contributed by atoms with van der Waals surface area (Å²) < 4.78 is 1.51. The van der Waals surface area contributed by atoms with Gasteiger partial charge in [0.2, 0.25) is 0 Å². The van der Waals surface area contributed by atoms with E-state index in [0.717, 1.165) is 6.42 Å². The van der Waals surface area contributed by atoms with Gasteiger partial charge < -0.3 is 24.8 Å². The van der Waals surface area contributed by atoms with Crippen molar-refractivity contribution in [3.8, 4) is 11.1 Å². The molecule has 0 bridgehead atoms. The average Bonchev–Trinajstić information content (AvgIpc) is 3.28. The van der Waals surface area contributed by atoms with Gasteiger partial charge in [0.25, 0.3) is 0 Å². The molecule has 1 atom stereocenters. The van der Waals surface area contributed by atoms with Crippen LogP contribution in [0.4, 0.5) is 0 Å². The van der Waals surface area contributed by atoms with Crippen molar-refractivity contribution in [2.45, 2.75) is 88.5 Å². The first-order chi connectivity index (χ1) is 15.3. The molecule has 0 nitrogen and oxygen atoms in total. The van der Waals surface area contributed by atoms with E-state index >= 15 is 0 Å². The first-order valence-corrected chi connectivity index (χ1v) is 13.5. The molecule has 0 saturated heterocycles. The van der Waals surface area contributed by atoms with Crippen molar-refractivity contribution in [3.63, 3.8) is 0 Å². The van der Waals surface area contributed by atoms with E-state index in [1.807, 2.05) is 0 Å². The number of hydrogen-bond acceptors (Lipinski definition) is 0. The summed E-state index contributed by atoms with van der Waals surface area (Å²) in [5, 5.41) is 0. The summed E-state index contributed by atoms with van der Waals surface area (Å²) in [6, 6.07) is 10.5. The first-order valence-electron chi connectivity index (χ1n) is 12.3. The molecular weight excluding hydrogens is 546 g/mol. The van der Waals surface area contributed by atoms with E-state index in [1.165, 1.54) is 66.1 Å². The third kappa shape index (κ3) is 9.91. The standard InChI is InChI=1S/C17H17.C12H19.C3H6.2ClH.Zr/c1-10-5-14-9-15-6-11(2)13(4)8-17(15)16(14)7-12(10)3;1-5-6-10-7-8-11(9-10)12(2,3)4;1-3-2;;;/h5,7-8H,9H2,1-4H3;8-10H,5-6H2,1-4H3;1-2H3;2*1H;/q2*-1;;;;+2/p-2. The number of hydrogen-bond donors (Lipinski definition) is 0. The summed E-state index contributed by atoms with van der Waals surface area (Å²) in [6.07, 6.45) is 11.5. The van der Waals surface area contributed by atoms with Crippen LogP contribution >= 0.6 is 0 Å². The molecule has 0 aromatic heterocycles. The fourth-order valence-corrected chi connectivity index (χ4v) is 4.10. The summed E-state index contributed by atoms with van der Waals surface area (Å²) in [4.78, 5) is 0. The molecule has 0 aliphatic heterocycles. The Morgan fingerprint density at radius 3 is 2.00 bits per heavy atom. The molecule has 2 aliphatic rings. The molecule has 0 heterocycles. The summed E-state index contributed by atoms with van der Waals surface area (Å²) in [7, 11) is 0. The maximum atomic E-state index is 3.54. The van der Waals surface area contributed by atoms with E-state index in [4.69, 9.17) is 0 Å². The van der Waals surface area contributed by atoms with Crippen LogP contribution in [0.25, 0.3) is 11.1 Å². The third-order valence-corrected chi connectivity index (χ3v) is 6.29. The minimum Gasteiger partial charge on any atom is -1.00 e. The minimum absolute atomic E-state index is 0. The molecule has 2 aliphatic carbocycles. The molecule has 0 spiro atoms. The molecular formula is C32H42Cl2Zr-2. The minimum atomic E-state index is 0. The quantitative estimate of drug-likeness (QED) is 0.404. The SMILES string of the molecule is CCCC1[C-]=CC(C(C)(C)C)=C1.C[C](C)=[Zr+2].Cc1[c-]c2c(cc1C)-c1cc(C)c(C)cc1C2.[Cl-].[Cl-]. The van der Waals surface area contributed by atoms with Crippen molar-refractivity contribution in [2.75, 3.05) is 0 Å². The zero-order valence-electron chi connectivity index (χ0n) is 23.3. The van der Waals surface area contributed by atoms with Crippen LogP contribution in [0.15, 0.2) is 35.9 Å². The monoisotopic (exact) mass is 586 g/mol. The van der Waals surface area contributed by atoms with Crippen LogP contribution in [0, 0.1) is 51.2 Å². The van der Waals surface area contributed by atoms with Gasteiger partial charge >= 0.3 is 41.3 Å². The van der Waals surface area contributed by atoms with Crippen molar-refractivity contribution in [3.05, 3.63) is 81.4 Å². The molecule has 0 amide bonds. The molecule has 0 radical (unpaired) electrons. The Kier molecular flexibility index (Phi) is 14.5. The normalized spacial score (nSPS) is 14.7. The molecule has 4 rings (SSSR count). The van der Waals surface area contributed by atoms with E-state index < -0.39 is 0 Å². The smallest absolute Gasteiger partial charge is 0.0253 e. The van der Waals surface area contributed by atoms with Crippen LogP contribution in [0.3, 0.4) is 0 Å². The zero-order chi connectivity index (χ0) is 24.9. The molecule has 1 unspecified atom stereocenters. The second-order valence-corrected chi connectivity index (χ2v) is 13.3. The fourth-order valence-electron chi connectivity index (χ4n) is 4.10. The molecule has 35 heavy (non-hydrogen) atoms. The first kappa shape index (κ1) is 34.3. The van der Waals surface area contributed by atoms with E-state index in [9.17, 15) is 0 Å². The molecule has 0 saturated carbocycles. The molecule has 0 fully saturated rings. The molecule has 2 aromatic rings. The number of aryl methyl sites for hydroxylation is 4. The number of allylic oxidation sites excluding steroid dienone is 4. The van der Waals surface area contributed by atoms with Gasteiger partial charge in [-0.25, -0.2) is 6.08 Å². The van der Waals surface area contributed by atoms with Gasteiger partial charge in [-0.2, -0.15) is 34.9 Å². The number of halogens is 2. The predicted molar refractivity (Wildman–Crippen MR) is 143 cm³/mol. The van der Waals surface area contributed by atoms with Gasteiger partial charge in [0.1, 0.15) is 0 Å². The van der Waals surface area contributed by atoms with Crippen LogP contribution in [0.5, 0.6) is 0 Å². The second kappa shape index (κ2) is 14.9. The van der Waals surface area contributed by atoms with Crippen LogP contribution in [0.1, 0.15) is 87.8 Å².